The fourth-order valence-electron chi connectivity index (χ4n) is 7.56. The Balaban J connectivity index is 1.23. The van der Waals surface area contributed by atoms with Crippen LogP contribution in [-0.2, 0) is 5.41 Å². The molecule has 1 aliphatic carbocycles. The molecule has 1 aromatic heterocycles. The summed E-state index contributed by atoms with van der Waals surface area (Å²) in [5.74, 6) is 0.687. The van der Waals surface area contributed by atoms with Gasteiger partial charge in [-0.15, -0.1) is 0 Å². The molecule has 0 bridgehead atoms. The first-order chi connectivity index (χ1) is 24.0. The van der Waals surface area contributed by atoms with Gasteiger partial charge in [-0.25, -0.2) is 9.97 Å². The molecule has 0 spiro atoms. The minimum absolute atomic E-state index is 0.207. The molecule has 0 N–H and O–H groups in total. The Labute approximate surface area is 285 Å². The molecule has 0 unspecified atom stereocenters. The van der Waals surface area contributed by atoms with E-state index in [1.54, 1.807) is 0 Å². The summed E-state index contributed by atoms with van der Waals surface area (Å²) in [5, 5.41) is 14.9. The monoisotopic (exact) mass is 625 g/mol. The number of nitrogens with zero attached hydrogens (tertiary/aromatic N) is 3. The molecule has 7 aromatic carbocycles. The van der Waals surface area contributed by atoms with Crippen molar-refractivity contribution in [3.05, 3.63) is 168 Å². The third kappa shape index (κ3) is 4.73. The van der Waals surface area contributed by atoms with Gasteiger partial charge in [-0.1, -0.05) is 135 Å². The van der Waals surface area contributed by atoms with Crippen molar-refractivity contribution in [2.24, 2.45) is 0 Å². The topological polar surface area (TPSA) is 49.6 Å². The smallest absolute Gasteiger partial charge is 0.160 e. The lowest BCUT2D eigenvalue weighted by molar-refractivity contribution is 0.660. The van der Waals surface area contributed by atoms with Crippen LogP contribution in [0.15, 0.2) is 152 Å². The normalized spacial score (nSPS) is 12.8. The zero-order valence-electron chi connectivity index (χ0n) is 27.3. The average molecular weight is 626 g/mol. The van der Waals surface area contributed by atoms with E-state index < -0.39 is 0 Å². The summed E-state index contributed by atoms with van der Waals surface area (Å²) in [6.07, 6.45) is 0. The van der Waals surface area contributed by atoms with Crippen molar-refractivity contribution < 1.29 is 0 Å². The molecule has 0 aliphatic heterocycles. The molecule has 1 heterocycles. The molecule has 0 saturated heterocycles. The lowest BCUT2D eigenvalue weighted by Gasteiger charge is -2.21. The number of fused-ring (bicyclic) bond motifs is 5. The molecule has 0 amide bonds. The van der Waals surface area contributed by atoms with Crippen LogP contribution in [0.25, 0.3) is 77.7 Å². The Morgan fingerprint density at radius 3 is 1.71 bits per heavy atom. The SMILES string of the molecule is CC1(C)c2cccc(C#N)c2-c2c(-c3cccc(-c4cc(-c5ccc6ccccc6c5)nc(-c5ccc6ccccc6c5)n4)c3)cccc21. The highest BCUT2D eigenvalue weighted by atomic mass is 14.9. The lowest BCUT2D eigenvalue weighted by atomic mass is 9.82. The molecule has 3 nitrogen and oxygen atoms in total. The molecule has 0 radical (unpaired) electrons. The van der Waals surface area contributed by atoms with Crippen molar-refractivity contribution >= 4 is 21.5 Å². The zero-order valence-corrected chi connectivity index (χ0v) is 27.3. The van der Waals surface area contributed by atoms with Crippen LogP contribution in [0.1, 0.15) is 30.5 Å². The van der Waals surface area contributed by atoms with Crippen LogP contribution >= 0.6 is 0 Å². The fraction of sp³-hybridized carbons (Fsp3) is 0.0652. The van der Waals surface area contributed by atoms with E-state index in [1.165, 1.54) is 27.3 Å². The predicted octanol–water partition coefficient (Wildman–Crippen LogP) is 11.6. The molecule has 0 atom stereocenters. The van der Waals surface area contributed by atoms with Gasteiger partial charge in [0.2, 0.25) is 0 Å². The molecule has 9 rings (SSSR count). The third-order valence-corrected chi connectivity index (χ3v) is 10.1. The van der Waals surface area contributed by atoms with Crippen LogP contribution in [0.4, 0.5) is 0 Å². The van der Waals surface area contributed by atoms with E-state index in [1.807, 2.05) is 12.1 Å². The number of hydrogen-bond acceptors (Lipinski definition) is 3. The van der Waals surface area contributed by atoms with Gasteiger partial charge in [-0.3, -0.25) is 0 Å². The Bertz CT molecular complexity index is 2560. The second-order valence-electron chi connectivity index (χ2n) is 13.4. The van der Waals surface area contributed by atoms with E-state index in [0.717, 1.165) is 55.7 Å². The highest BCUT2D eigenvalue weighted by molar-refractivity contribution is 5.96. The summed E-state index contributed by atoms with van der Waals surface area (Å²) in [7, 11) is 0. The van der Waals surface area contributed by atoms with Crippen LogP contribution < -0.4 is 0 Å². The van der Waals surface area contributed by atoms with Gasteiger partial charge in [0.05, 0.1) is 23.0 Å². The number of nitriles is 1. The molecular weight excluding hydrogens is 595 g/mol. The molecular formula is C46H31N3. The van der Waals surface area contributed by atoms with Crippen molar-refractivity contribution in [1.82, 2.24) is 9.97 Å². The number of aromatic nitrogens is 2. The lowest BCUT2D eigenvalue weighted by Crippen LogP contribution is -2.14. The Kier molecular flexibility index (Phi) is 6.54. The van der Waals surface area contributed by atoms with Crippen LogP contribution in [0.5, 0.6) is 0 Å². The summed E-state index contributed by atoms with van der Waals surface area (Å²) in [6, 6.07) is 55.6. The first-order valence-electron chi connectivity index (χ1n) is 16.6. The summed E-state index contributed by atoms with van der Waals surface area (Å²) >= 11 is 0. The van der Waals surface area contributed by atoms with Crippen LogP contribution in [0.2, 0.25) is 0 Å². The number of rotatable bonds is 4. The highest BCUT2D eigenvalue weighted by Crippen LogP contribution is 2.53. The maximum atomic E-state index is 10.1. The highest BCUT2D eigenvalue weighted by Gasteiger charge is 2.38. The summed E-state index contributed by atoms with van der Waals surface area (Å²) in [5.41, 5.74) is 12.1. The zero-order chi connectivity index (χ0) is 33.1. The van der Waals surface area contributed by atoms with Crippen LogP contribution in [0, 0.1) is 11.3 Å². The van der Waals surface area contributed by atoms with E-state index in [2.05, 4.69) is 159 Å². The van der Waals surface area contributed by atoms with E-state index in [-0.39, 0.29) is 5.41 Å². The summed E-state index contributed by atoms with van der Waals surface area (Å²) in [4.78, 5) is 10.4. The van der Waals surface area contributed by atoms with E-state index in [4.69, 9.17) is 9.97 Å². The van der Waals surface area contributed by atoms with Crippen molar-refractivity contribution in [2.75, 3.05) is 0 Å². The van der Waals surface area contributed by atoms with Crippen molar-refractivity contribution in [2.45, 2.75) is 19.3 Å². The minimum Gasteiger partial charge on any atom is -0.228 e. The number of benzene rings is 7. The Hall–Kier alpha value is -6.37. The first-order valence-corrected chi connectivity index (χ1v) is 16.6. The van der Waals surface area contributed by atoms with Gasteiger partial charge in [0.1, 0.15) is 0 Å². The Morgan fingerprint density at radius 2 is 1.02 bits per heavy atom. The Morgan fingerprint density at radius 1 is 0.469 bits per heavy atom. The number of hydrogen-bond donors (Lipinski definition) is 0. The maximum absolute atomic E-state index is 10.1. The summed E-state index contributed by atoms with van der Waals surface area (Å²) < 4.78 is 0. The second kappa shape index (κ2) is 11.1. The van der Waals surface area contributed by atoms with E-state index in [0.29, 0.717) is 11.4 Å². The fourth-order valence-corrected chi connectivity index (χ4v) is 7.56. The van der Waals surface area contributed by atoms with Gasteiger partial charge in [0, 0.05) is 27.7 Å². The van der Waals surface area contributed by atoms with Gasteiger partial charge < -0.3 is 0 Å². The largest absolute Gasteiger partial charge is 0.228 e. The molecule has 49 heavy (non-hydrogen) atoms. The second-order valence-corrected chi connectivity index (χ2v) is 13.4. The summed E-state index contributed by atoms with van der Waals surface area (Å²) in [6.45, 7) is 4.51. The standard InChI is InChI=1S/C46H31N3/c1-46(2)39-18-8-16-37(28-47)43(39)44-38(17-9-19-40(44)46)33-14-7-15-34(26-33)41-27-42(35-22-20-29-10-3-5-12-31(29)24-35)49-45(48-41)36-23-21-30-11-4-6-13-32(30)25-36/h3-27H,1-2H3. The van der Waals surface area contributed by atoms with Gasteiger partial charge in [-0.2, -0.15) is 5.26 Å². The predicted molar refractivity (Wildman–Crippen MR) is 201 cm³/mol. The van der Waals surface area contributed by atoms with Crippen molar-refractivity contribution in [1.29, 1.82) is 5.26 Å². The van der Waals surface area contributed by atoms with Gasteiger partial charge in [0.25, 0.3) is 0 Å². The van der Waals surface area contributed by atoms with E-state index >= 15 is 0 Å². The van der Waals surface area contributed by atoms with Crippen molar-refractivity contribution in [3.63, 3.8) is 0 Å². The average Bonchev–Trinajstić information content (AvgIpc) is 3.40. The van der Waals surface area contributed by atoms with E-state index in [9.17, 15) is 5.26 Å². The molecule has 230 valence electrons. The molecule has 3 heteroatoms. The van der Waals surface area contributed by atoms with Crippen LogP contribution in [0.3, 0.4) is 0 Å². The molecule has 1 aliphatic rings. The van der Waals surface area contributed by atoms with Gasteiger partial charge in [-0.05, 0) is 79.7 Å². The molecule has 0 fully saturated rings. The minimum atomic E-state index is -0.207. The third-order valence-electron chi connectivity index (χ3n) is 10.1. The van der Waals surface area contributed by atoms with Gasteiger partial charge in [0.15, 0.2) is 5.82 Å². The van der Waals surface area contributed by atoms with Crippen molar-refractivity contribution in [3.8, 4) is 62.2 Å². The maximum Gasteiger partial charge on any atom is 0.160 e. The molecule has 0 saturated carbocycles. The van der Waals surface area contributed by atoms with Crippen LogP contribution in [-0.4, -0.2) is 9.97 Å². The van der Waals surface area contributed by atoms with Gasteiger partial charge >= 0.3 is 0 Å². The quantitative estimate of drug-likeness (QED) is 0.195. The molecule has 8 aromatic rings. The first kappa shape index (κ1) is 28.8.